The fraction of sp³-hybridized carbons (Fsp3) is 0.111. The van der Waals surface area contributed by atoms with E-state index in [0.29, 0.717) is 5.33 Å². The highest BCUT2D eigenvalue weighted by Crippen LogP contribution is 2.19. The zero-order valence-electron chi connectivity index (χ0n) is 7.08. The summed E-state index contributed by atoms with van der Waals surface area (Å²) < 4.78 is 5.85. The van der Waals surface area contributed by atoms with Crippen molar-refractivity contribution in [2.24, 2.45) is 0 Å². The molecule has 0 saturated carbocycles. The second-order valence-electron chi connectivity index (χ2n) is 2.66. The molecule has 72 valence electrons. The standard InChI is InChI=1S/C9H6Br2N2O/c10-5-6-4-8(13-14-6)7-2-1-3-9(11)12-7/h1-4H,5H2. The van der Waals surface area contributed by atoms with Gasteiger partial charge in [0.1, 0.15) is 16.1 Å². The molecule has 3 nitrogen and oxygen atoms in total. The van der Waals surface area contributed by atoms with E-state index in [1.54, 1.807) is 0 Å². The maximum absolute atomic E-state index is 5.06. The molecule has 0 fully saturated rings. The van der Waals surface area contributed by atoms with Gasteiger partial charge in [0.15, 0.2) is 0 Å². The van der Waals surface area contributed by atoms with E-state index in [-0.39, 0.29) is 0 Å². The van der Waals surface area contributed by atoms with Gasteiger partial charge >= 0.3 is 0 Å². The highest BCUT2D eigenvalue weighted by Gasteiger charge is 2.06. The molecular weight excluding hydrogens is 312 g/mol. The predicted octanol–water partition coefficient (Wildman–Crippen LogP) is 3.39. The number of hydrogen-bond donors (Lipinski definition) is 0. The Labute approximate surface area is 97.8 Å². The summed E-state index contributed by atoms with van der Waals surface area (Å²) in [5.41, 5.74) is 1.55. The molecule has 0 aliphatic carbocycles. The minimum Gasteiger partial charge on any atom is -0.360 e. The van der Waals surface area contributed by atoms with Crippen LogP contribution in [0.15, 0.2) is 33.4 Å². The molecule has 5 heteroatoms. The van der Waals surface area contributed by atoms with E-state index in [9.17, 15) is 0 Å². The second-order valence-corrected chi connectivity index (χ2v) is 4.03. The smallest absolute Gasteiger partial charge is 0.147 e. The Morgan fingerprint density at radius 2 is 2.14 bits per heavy atom. The van der Waals surface area contributed by atoms with Gasteiger partial charge in [-0.25, -0.2) is 4.98 Å². The summed E-state index contributed by atoms with van der Waals surface area (Å²) in [6.07, 6.45) is 0. The van der Waals surface area contributed by atoms with Crippen LogP contribution >= 0.6 is 31.9 Å². The fourth-order valence-electron chi connectivity index (χ4n) is 1.05. The Morgan fingerprint density at radius 3 is 2.79 bits per heavy atom. The quantitative estimate of drug-likeness (QED) is 0.629. The number of rotatable bonds is 2. The summed E-state index contributed by atoms with van der Waals surface area (Å²) in [5.74, 6) is 0.793. The predicted molar refractivity (Wildman–Crippen MR) is 60.1 cm³/mol. The lowest BCUT2D eigenvalue weighted by Gasteiger charge is -1.93. The average Bonchev–Trinajstić information content (AvgIpc) is 2.66. The molecule has 0 aromatic carbocycles. The van der Waals surface area contributed by atoms with Crippen LogP contribution < -0.4 is 0 Å². The maximum Gasteiger partial charge on any atom is 0.147 e. The average molecular weight is 318 g/mol. The van der Waals surface area contributed by atoms with E-state index >= 15 is 0 Å². The molecule has 0 aliphatic rings. The molecule has 2 heterocycles. The second kappa shape index (κ2) is 4.23. The number of hydrogen-bond acceptors (Lipinski definition) is 3. The Bertz CT molecular complexity index is 442. The summed E-state index contributed by atoms with van der Waals surface area (Å²) in [4.78, 5) is 4.27. The molecule has 0 N–H and O–H groups in total. The van der Waals surface area contributed by atoms with Crippen LogP contribution in [0.2, 0.25) is 0 Å². The van der Waals surface area contributed by atoms with Crippen molar-refractivity contribution in [3.05, 3.63) is 34.6 Å². The van der Waals surface area contributed by atoms with E-state index in [0.717, 1.165) is 21.8 Å². The van der Waals surface area contributed by atoms with Gasteiger partial charge in [-0.05, 0) is 28.1 Å². The lowest BCUT2D eigenvalue weighted by atomic mass is 10.2. The first kappa shape index (κ1) is 9.86. The van der Waals surface area contributed by atoms with Crippen LogP contribution in [0, 0.1) is 0 Å². The van der Waals surface area contributed by atoms with Crippen molar-refractivity contribution < 1.29 is 4.52 Å². The van der Waals surface area contributed by atoms with Gasteiger partial charge in [0.05, 0.1) is 11.0 Å². The Balaban J connectivity index is 2.39. The normalized spacial score (nSPS) is 10.4. The van der Waals surface area contributed by atoms with Crippen LogP contribution in [-0.2, 0) is 5.33 Å². The third-order valence-corrected chi connectivity index (χ3v) is 2.66. The van der Waals surface area contributed by atoms with E-state index in [1.165, 1.54) is 0 Å². The fourth-order valence-corrected chi connectivity index (χ4v) is 1.66. The summed E-state index contributed by atoms with van der Waals surface area (Å²) in [7, 11) is 0. The SMILES string of the molecule is BrCc1cc(-c2cccc(Br)n2)no1. The zero-order chi connectivity index (χ0) is 9.97. The topological polar surface area (TPSA) is 38.9 Å². The van der Waals surface area contributed by atoms with E-state index in [4.69, 9.17) is 4.52 Å². The highest BCUT2D eigenvalue weighted by atomic mass is 79.9. The zero-order valence-corrected chi connectivity index (χ0v) is 10.2. The first-order chi connectivity index (χ1) is 6.79. The van der Waals surface area contributed by atoms with Gasteiger partial charge in [-0.3, -0.25) is 0 Å². The summed E-state index contributed by atoms with van der Waals surface area (Å²) in [5, 5.41) is 4.57. The number of alkyl halides is 1. The molecule has 0 amide bonds. The summed E-state index contributed by atoms with van der Waals surface area (Å²) in [6.45, 7) is 0. The minimum atomic E-state index is 0.661. The molecule has 0 radical (unpaired) electrons. The van der Waals surface area contributed by atoms with E-state index in [1.807, 2.05) is 24.3 Å². The van der Waals surface area contributed by atoms with Gasteiger partial charge in [0.25, 0.3) is 0 Å². The number of pyridine rings is 1. The summed E-state index contributed by atoms with van der Waals surface area (Å²) >= 11 is 6.60. The molecule has 0 unspecified atom stereocenters. The van der Waals surface area contributed by atoms with Crippen LogP contribution in [-0.4, -0.2) is 10.1 Å². The first-order valence-corrected chi connectivity index (χ1v) is 5.85. The van der Waals surface area contributed by atoms with Gasteiger partial charge < -0.3 is 4.52 Å². The molecule has 0 aliphatic heterocycles. The van der Waals surface area contributed by atoms with Crippen LogP contribution in [0.5, 0.6) is 0 Å². The number of aromatic nitrogens is 2. The Kier molecular flexibility index (Phi) is 2.98. The van der Waals surface area contributed by atoms with Crippen LogP contribution in [0.4, 0.5) is 0 Å². The molecular formula is C9H6Br2N2O. The monoisotopic (exact) mass is 316 g/mol. The molecule has 2 rings (SSSR count). The van der Waals surface area contributed by atoms with Gasteiger partial charge in [-0.1, -0.05) is 27.2 Å². The molecule has 0 spiro atoms. The third-order valence-electron chi connectivity index (χ3n) is 1.67. The minimum absolute atomic E-state index is 0.661. The largest absolute Gasteiger partial charge is 0.360 e. The van der Waals surface area contributed by atoms with Crippen molar-refractivity contribution in [1.29, 1.82) is 0 Å². The first-order valence-electron chi connectivity index (χ1n) is 3.94. The lowest BCUT2D eigenvalue weighted by Crippen LogP contribution is -1.82. The highest BCUT2D eigenvalue weighted by molar-refractivity contribution is 9.10. The number of nitrogens with zero attached hydrogens (tertiary/aromatic N) is 2. The van der Waals surface area contributed by atoms with E-state index < -0.39 is 0 Å². The van der Waals surface area contributed by atoms with Crippen molar-refractivity contribution in [2.45, 2.75) is 5.33 Å². The van der Waals surface area contributed by atoms with Gasteiger partial charge in [0, 0.05) is 6.07 Å². The van der Waals surface area contributed by atoms with Crippen LogP contribution in [0.3, 0.4) is 0 Å². The van der Waals surface area contributed by atoms with Crippen LogP contribution in [0.1, 0.15) is 5.76 Å². The molecule has 2 aromatic rings. The molecule has 0 bridgehead atoms. The van der Waals surface area contributed by atoms with Gasteiger partial charge in [-0.15, -0.1) is 0 Å². The van der Waals surface area contributed by atoms with Crippen molar-refractivity contribution in [3.8, 4) is 11.4 Å². The van der Waals surface area contributed by atoms with E-state index in [2.05, 4.69) is 42.0 Å². The third kappa shape index (κ3) is 2.04. The van der Waals surface area contributed by atoms with Crippen molar-refractivity contribution in [3.63, 3.8) is 0 Å². The van der Waals surface area contributed by atoms with Crippen LogP contribution in [0.25, 0.3) is 11.4 Å². The molecule has 2 aromatic heterocycles. The van der Waals surface area contributed by atoms with Crippen molar-refractivity contribution in [2.75, 3.05) is 0 Å². The Hall–Kier alpha value is -0.680. The Morgan fingerprint density at radius 1 is 1.29 bits per heavy atom. The summed E-state index contributed by atoms with van der Waals surface area (Å²) in [6, 6.07) is 7.54. The molecule has 0 atom stereocenters. The van der Waals surface area contributed by atoms with Gasteiger partial charge in [-0.2, -0.15) is 0 Å². The molecule has 0 saturated heterocycles. The lowest BCUT2D eigenvalue weighted by molar-refractivity contribution is 0.397. The van der Waals surface area contributed by atoms with Crippen molar-refractivity contribution >= 4 is 31.9 Å². The van der Waals surface area contributed by atoms with Gasteiger partial charge in [0.2, 0.25) is 0 Å². The molecule has 14 heavy (non-hydrogen) atoms. The van der Waals surface area contributed by atoms with Crippen molar-refractivity contribution in [1.82, 2.24) is 10.1 Å². The number of halogens is 2. The maximum atomic E-state index is 5.06.